The van der Waals surface area contributed by atoms with Crippen molar-refractivity contribution in [2.24, 2.45) is 0 Å². The van der Waals surface area contributed by atoms with Gasteiger partial charge in [-0.25, -0.2) is 4.39 Å². The first kappa shape index (κ1) is 30.2. The van der Waals surface area contributed by atoms with Gasteiger partial charge in [-0.05, 0) is 67.1 Å². The van der Waals surface area contributed by atoms with E-state index in [0.29, 0.717) is 24.3 Å². The number of aryl methyl sites for hydroxylation is 2. The summed E-state index contributed by atoms with van der Waals surface area (Å²) in [6.07, 6.45) is 3.02. The van der Waals surface area contributed by atoms with Gasteiger partial charge in [-0.2, -0.15) is 8.42 Å². The number of aliphatic carboxylic acids is 1. The summed E-state index contributed by atoms with van der Waals surface area (Å²) in [5.41, 5.74) is 4.82. The molecule has 0 spiro atoms. The van der Waals surface area contributed by atoms with E-state index in [1.165, 1.54) is 11.6 Å². The standard InChI is InChI=1S/C28H31FN2O5S.Ca.2H/c1-19-7-9-22-5-3-4-6-26(22)31(19)18-23-10-8-20(15-27(23)36-37(2,34)35)17-30-24-13-11-21(25(29)16-24)12-14-28(32)33;;;/h3-6,8,10-11,13,15-16,19,30H,7,9,12,14,17-18H2,1-2H3,(H,32,33);;;. The fraction of sp³-hybridized carbons (Fsp3) is 0.321. The number of carbonyl (C=O) groups is 1. The Hall–Kier alpha value is -2.33. The van der Waals surface area contributed by atoms with E-state index in [9.17, 15) is 17.6 Å². The zero-order chi connectivity index (χ0) is 26.6. The third-order valence-corrected chi connectivity index (χ3v) is 7.02. The molecule has 0 radical (unpaired) electrons. The predicted molar refractivity (Wildman–Crippen MR) is 151 cm³/mol. The molecule has 3 aromatic carbocycles. The number of hydrogen-bond donors (Lipinski definition) is 2. The molecule has 0 aromatic heterocycles. The molecule has 0 saturated carbocycles. The molecule has 4 rings (SSSR count). The van der Waals surface area contributed by atoms with Crippen LogP contribution in [0.4, 0.5) is 15.8 Å². The molecule has 3 aromatic rings. The number of anilines is 2. The summed E-state index contributed by atoms with van der Waals surface area (Å²) in [6.45, 7) is 2.98. The Morgan fingerprint density at radius 3 is 2.58 bits per heavy atom. The normalized spacial score (nSPS) is 14.8. The van der Waals surface area contributed by atoms with Crippen LogP contribution in [0, 0.1) is 5.82 Å². The van der Waals surface area contributed by atoms with Gasteiger partial charge < -0.3 is 19.5 Å². The van der Waals surface area contributed by atoms with Crippen LogP contribution in [0.3, 0.4) is 0 Å². The number of benzene rings is 3. The van der Waals surface area contributed by atoms with Gasteiger partial charge in [0.1, 0.15) is 11.6 Å². The molecule has 1 atom stereocenters. The third kappa shape index (κ3) is 8.08. The summed E-state index contributed by atoms with van der Waals surface area (Å²) in [5.74, 6) is -1.18. The number of rotatable bonds is 10. The van der Waals surface area contributed by atoms with E-state index in [0.717, 1.165) is 35.9 Å². The Kier molecular flexibility index (Phi) is 10.5. The molecule has 0 fully saturated rings. The van der Waals surface area contributed by atoms with E-state index in [-0.39, 0.29) is 62.4 Å². The van der Waals surface area contributed by atoms with E-state index in [1.807, 2.05) is 24.3 Å². The van der Waals surface area contributed by atoms with Crippen molar-refractivity contribution in [3.8, 4) is 5.75 Å². The number of hydrogen-bond acceptors (Lipinski definition) is 6. The van der Waals surface area contributed by atoms with Crippen LogP contribution < -0.4 is 14.4 Å². The van der Waals surface area contributed by atoms with Crippen LogP contribution in [-0.4, -0.2) is 69.5 Å². The SMILES string of the molecule is CC1CCc2ccccc2N1Cc1ccc(CNc2ccc(CCC(=O)O)c(F)c2)cc1OS(C)(=O)=O.[CaH2]. The molecule has 0 amide bonds. The Labute approximate surface area is 253 Å². The Morgan fingerprint density at radius 1 is 1.13 bits per heavy atom. The summed E-state index contributed by atoms with van der Waals surface area (Å²) in [4.78, 5) is 13.0. The van der Waals surface area contributed by atoms with Gasteiger partial charge in [0.2, 0.25) is 0 Å². The summed E-state index contributed by atoms with van der Waals surface area (Å²) < 4.78 is 43.8. The second-order valence-electron chi connectivity index (χ2n) is 9.43. The van der Waals surface area contributed by atoms with Crippen molar-refractivity contribution < 1.29 is 26.9 Å². The number of halogens is 1. The average molecular weight is 569 g/mol. The van der Waals surface area contributed by atoms with Gasteiger partial charge in [0.25, 0.3) is 0 Å². The molecule has 1 unspecified atom stereocenters. The van der Waals surface area contributed by atoms with Gasteiger partial charge in [0.05, 0.1) is 6.26 Å². The monoisotopic (exact) mass is 568 g/mol. The fourth-order valence-corrected chi connectivity index (χ4v) is 5.05. The van der Waals surface area contributed by atoms with E-state index >= 15 is 0 Å². The molecule has 0 saturated heterocycles. The molecule has 10 heteroatoms. The minimum atomic E-state index is -3.75. The quantitative estimate of drug-likeness (QED) is 0.279. The average Bonchev–Trinajstić information content (AvgIpc) is 2.84. The van der Waals surface area contributed by atoms with E-state index in [1.54, 1.807) is 18.2 Å². The zero-order valence-electron chi connectivity index (χ0n) is 20.9. The van der Waals surface area contributed by atoms with Crippen LogP contribution in [0.25, 0.3) is 0 Å². The van der Waals surface area contributed by atoms with Crippen molar-refractivity contribution in [1.29, 1.82) is 0 Å². The molecular weight excluding hydrogens is 535 g/mol. The molecule has 1 aliphatic rings. The molecule has 2 N–H and O–H groups in total. The molecule has 1 heterocycles. The molecule has 7 nitrogen and oxygen atoms in total. The second-order valence-corrected chi connectivity index (χ2v) is 11.0. The van der Waals surface area contributed by atoms with Crippen molar-refractivity contribution in [2.45, 2.75) is 51.7 Å². The number of carboxylic acids is 1. The summed E-state index contributed by atoms with van der Waals surface area (Å²) >= 11 is 0. The number of nitrogens with zero attached hydrogens (tertiary/aromatic N) is 1. The number of para-hydroxylation sites is 1. The molecule has 38 heavy (non-hydrogen) atoms. The molecular formula is C28H33CaFN2O5S. The first-order chi connectivity index (χ1) is 17.6. The number of carboxylic acid groups (broad SMARTS) is 1. The van der Waals surface area contributed by atoms with Crippen molar-refractivity contribution in [3.05, 3.63) is 88.7 Å². The van der Waals surface area contributed by atoms with Crippen molar-refractivity contribution in [2.75, 3.05) is 16.5 Å². The van der Waals surface area contributed by atoms with Gasteiger partial charge in [-0.1, -0.05) is 36.4 Å². The molecule has 1 aliphatic heterocycles. The minimum absolute atomic E-state index is 0. The van der Waals surface area contributed by atoms with E-state index in [2.05, 4.69) is 29.3 Å². The van der Waals surface area contributed by atoms with Crippen LogP contribution in [0.5, 0.6) is 5.75 Å². The van der Waals surface area contributed by atoms with Crippen molar-refractivity contribution >= 4 is 65.2 Å². The Bertz CT molecular complexity index is 1400. The zero-order valence-corrected chi connectivity index (χ0v) is 21.7. The van der Waals surface area contributed by atoms with Gasteiger partial charge in [0, 0.05) is 42.5 Å². The maximum atomic E-state index is 14.4. The van der Waals surface area contributed by atoms with Crippen LogP contribution in [0.2, 0.25) is 0 Å². The second kappa shape index (κ2) is 13.2. The van der Waals surface area contributed by atoms with Crippen LogP contribution in [0.15, 0.2) is 60.7 Å². The van der Waals surface area contributed by atoms with Crippen LogP contribution >= 0.6 is 0 Å². The van der Waals surface area contributed by atoms with E-state index < -0.39 is 21.9 Å². The topological polar surface area (TPSA) is 95.9 Å². The first-order valence-corrected chi connectivity index (χ1v) is 14.0. The third-order valence-electron chi connectivity index (χ3n) is 6.54. The number of nitrogens with one attached hydrogen (secondary N) is 1. The number of fused-ring (bicyclic) bond motifs is 1. The van der Waals surface area contributed by atoms with Gasteiger partial charge >= 0.3 is 53.8 Å². The van der Waals surface area contributed by atoms with Crippen LogP contribution in [-0.2, 0) is 40.8 Å². The molecule has 0 aliphatic carbocycles. The fourth-order valence-electron chi connectivity index (χ4n) is 4.57. The molecule has 200 valence electrons. The van der Waals surface area contributed by atoms with E-state index in [4.69, 9.17) is 9.29 Å². The van der Waals surface area contributed by atoms with Crippen molar-refractivity contribution in [1.82, 2.24) is 0 Å². The van der Waals surface area contributed by atoms with Crippen LogP contribution in [0.1, 0.15) is 42.0 Å². The Balaban J connectivity index is 0.00000400. The maximum absolute atomic E-state index is 14.4. The van der Waals surface area contributed by atoms with Crippen molar-refractivity contribution in [3.63, 3.8) is 0 Å². The Morgan fingerprint density at radius 2 is 1.87 bits per heavy atom. The predicted octanol–water partition coefficient (Wildman–Crippen LogP) is 4.22. The van der Waals surface area contributed by atoms with Gasteiger partial charge in [-0.3, -0.25) is 4.79 Å². The van der Waals surface area contributed by atoms with Gasteiger partial charge in [0.15, 0.2) is 0 Å². The first-order valence-electron chi connectivity index (χ1n) is 12.2. The summed E-state index contributed by atoms with van der Waals surface area (Å²) in [6, 6.07) is 18.6. The summed E-state index contributed by atoms with van der Waals surface area (Å²) in [7, 11) is -3.75. The summed E-state index contributed by atoms with van der Waals surface area (Å²) in [5, 5.41) is 11.9. The molecule has 0 bridgehead atoms. The van der Waals surface area contributed by atoms with Gasteiger partial charge in [-0.15, -0.1) is 0 Å².